The summed E-state index contributed by atoms with van der Waals surface area (Å²) < 4.78 is 1.15. The highest BCUT2D eigenvalue weighted by molar-refractivity contribution is 6.35. The third kappa shape index (κ3) is 1.94. The second-order valence-corrected chi connectivity index (χ2v) is 4.05. The van der Waals surface area contributed by atoms with E-state index in [1.807, 2.05) is 0 Å². The number of nitrogens with one attached hydrogen (secondary N) is 1. The van der Waals surface area contributed by atoms with Gasteiger partial charge in [-0.1, -0.05) is 29.3 Å². The minimum Gasteiger partial charge on any atom is -0.493 e. The van der Waals surface area contributed by atoms with Crippen molar-refractivity contribution >= 4 is 23.2 Å². The molecule has 0 amide bonds. The summed E-state index contributed by atoms with van der Waals surface area (Å²) in [5.41, 5.74) is 0.191. The van der Waals surface area contributed by atoms with Crippen LogP contribution in [0.4, 0.5) is 0 Å². The summed E-state index contributed by atoms with van der Waals surface area (Å²) in [6.45, 7) is 0.132. The molecule has 1 aromatic heterocycles. The van der Waals surface area contributed by atoms with Crippen molar-refractivity contribution in [3.05, 3.63) is 50.5 Å². The Kier molecular flexibility index (Phi) is 2.94. The fraction of sp³-hybridized carbons (Fsp3) is 0.100. The topological polar surface area (TPSA) is 58.0 Å². The molecule has 84 valence electrons. The predicted octanol–water partition coefficient (Wildman–Crippen LogP) is 2.24. The predicted molar refractivity (Wildman–Crippen MR) is 62.3 cm³/mol. The molecule has 0 unspecified atom stereocenters. The second kappa shape index (κ2) is 4.23. The van der Waals surface area contributed by atoms with Crippen LogP contribution in [-0.2, 0) is 6.54 Å². The van der Waals surface area contributed by atoms with Gasteiger partial charge in [-0.3, -0.25) is 4.57 Å². The average molecular weight is 259 g/mol. The zero-order valence-corrected chi connectivity index (χ0v) is 9.59. The van der Waals surface area contributed by atoms with Crippen molar-refractivity contribution in [2.75, 3.05) is 0 Å². The van der Waals surface area contributed by atoms with Gasteiger partial charge in [-0.05, 0) is 12.1 Å². The second-order valence-electron chi connectivity index (χ2n) is 3.24. The van der Waals surface area contributed by atoms with Gasteiger partial charge < -0.3 is 10.1 Å². The zero-order chi connectivity index (χ0) is 11.7. The third-order valence-electron chi connectivity index (χ3n) is 2.22. The monoisotopic (exact) mass is 258 g/mol. The Morgan fingerprint density at radius 3 is 2.44 bits per heavy atom. The molecule has 6 heteroatoms. The fourth-order valence-corrected chi connectivity index (χ4v) is 1.90. The van der Waals surface area contributed by atoms with E-state index in [2.05, 4.69) is 4.98 Å². The molecule has 2 rings (SSSR count). The Morgan fingerprint density at radius 2 is 1.94 bits per heavy atom. The summed E-state index contributed by atoms with van der Waals surface area (Å²) in [6, 6.07) is 5.07. The van der Waals surface area contributed by atoms with Crippen LogP contribution in [0.1, 0.15) is 5.56 Å². The van der Waals surface area contributed by atoms with Crippen molar-refractivity contribution in [2.24, 2.45) is 0 Å². The highest BCUT2D eigenvalue weighted by Crippen LogP contribution is 2.25. The number of halogens is 2. The van der Waals surface area contributed by atoms with Crippen LogP contribution in [0.25, 0.3) is 0 Å². The van der Waals surface area contributed by atoms with Crippen molar-refractivity contribution < 1.29 is 5.11 Å². The number of H-pyrrole nitrogens is 1. The molecule has 0 aliphatic carbocycles. The molecule has 0 saturated heterocycles. The number of aromatic nitrogens is 2. The first-order valence-electron chi connectivity index (χ1n) is 4.49. The molecule has 4 nitrogen and oxygen atoms in total. The van der Waals surface area contributed by atoms with E-state index < -0.39 is 5.69 Å². The standard InChI is InChI=1S/C10H8Cl2N2O2/c11-7-2-1-3-8(12)6(7)5-14-9(15)4-13-10(14)16/h1-4,15H,5H2,(H,13,16). The Balaban J connectivity index is 2.45. The van der Waals surface area contributed by atoms with Crippen LogP contribution >= 0.6 is 23.2 Å². The molecule has 2 aromatic rings. The smallest absolute Gasteiger partial charge is 0.328 e. The van der Waals surface area contributed by atoms with Crippen molar-refractivity contribution in [3.63, 3.8) is 0 Å². The largest absolute Gasteiger partial charge is 0.493 e. The van der Waals surface area contributed by atoms with Gasteiger partial charge in [-0.15, -0.1) is 0 Å². The summed E-state index contributed by atoms with van der Waals surface area (Å²) in [4.78, 5) is 13.7. The zero-order valence-electron chi connectivity index (χ0n) is 8.08. The molecule has 2 N–H and O–H groups in total. The third-order valence-corrected chi connectivity index (χ3v) is 2.93. The summed E-state index contributed by atoms with van der Waals surface area (Å²) in [5, 5.41) is 10.3. The lowest BCUT2D eigenvalue weighted by molar-refractivity contribution is 0.421. The van der Waals surface area contributed by atoms with Crippen molar-refractivity contribution in [2.45, 2.75) is 6.54 Å². The van der Waals surface area contributed by atoms with E-state index >= 15 is 0 Å². The van der Waals surface area contributed by atoms with Gasteiger partial charge in [0.05, 0.1) is 12.7 Å². The van der Waals surface area contributed by atoms with Gasteiger partial charge >= 0.3 is 5.69 Å². The lowest BCUT2D eigenvalue weighted by Crippen LogP contribution is -2.17. The van der Waals surface area contributed by atoms with Gasteiger partial charge in [0, 0.05) is 15.6 Å². The van der Waals surface area contributed by atoms with Gasteiger partial charge in [-0.25, -0.2) is 4.79 Å². The number of hydrogen-bond donors (Lipinski definition) is 2. The number of imidazole rings is 1. The number of hydrogen-bond acceptors (Lipinski definition) is 2. The van der Waals surface area contributed by atoms with E-state index in [4.69, 9.17) is 23.2 Å². The summed E-state index contributed by atoms with van der Waals surface area (Å²) in [5.74, 6) is -0.152. The summed E-state index contributed by atoms with van der Waals surface area (Å²) in [7, 11) is 0. The van der Waals surface area contributed by atoms with E-state index in [0.717, 1.165) is 4.57 Å². The first-order chi connectivity index (χ1) is 7.59. The van der Waals surface area contributed by atoms with Crippen LogP contribution < -0.4 is 5.69 Å². The Bertz CT molecular complexity index is 554. The number of aromatic hydroxyl groups is 1. The minimum atomic E-state index is -0.409. The highest BCUT2D eigenvalue weighted by atomic mass is 35.5. The molecule has 0 radical (unpaired) electrons. The van der Waals surface area contributed by atoms with Gasteiger partial charge in [0.15, 0.2) is 0 Å². The molecular weight excluding hydrogens is 251 g/mol. The van der Waals surface area contributed by atoms with Crippen LogP contribution in [0.5, 0.6) is 5.88 Å². The quantitative estimate of drug-likeness (QED) is 0.868. The van der Waals surface area contributed by atoms with E-state index in [9.17, 15) is 9.90 Å². The molecule has 0 saturated carbocycles. The maximum absolute atomic E-state index is 11.3. The number of aromatic amines is 1. The van der Waals surface area contributed by atoms with Crippen LogP contribution in [0.15, 0.2) is 29.2 Å². The average Bonchev–Trinajstić information content (AvgIpc) is 2.54. The Morgan fingerprint density at radius 1 is 1.31 bits per heavy atom. The maximum Gasteiger partial charge on any atom is 0.328 e. The van der Waals surface area contributed by atoms with Gasteiger partial charge in [0.1, 0.15) is 0 Å². The summed E-state index contributed by atoms with van der Waals surface area (Å²) >= 11 is 11.9. The molecule has 16 heavy (non-hydrogen) atoms. The maximum atomic E-state index is 11.3. The van der Waals surface area contributed by atoms with Crippen LogP contribution in [-0.4, -0.2) is 14.7 Å². The number of nitrogens with zero attached hydrogens (tertiary/aromatic N) is 1. The van der Waals surface area contributed by atoms with E-state index in [0.29, 0.717) is 15.6 Å². The Labute approximate surface area is 101 Å². The van der Waals surface area contributed by atoms with Crippen molar-refractivity contribution in [3.8, 4) is 5.88 Å². The first kappa shape index (κ1) is 11.1. The molecule has 0 aliphatic rings. The fourth-order valence-electron chi connectivity index (χ4n) is 1.38. The molecule has 0 aliphatic heterocycles. The lowest BCUT2D eigenvalue weighted by Gasteiger charge is -2.07. The molecule has 0 spiro atoms. The minimum absolute atomic E-state index is 0.132. The van der Waals surface area contributed by atoms with E-state index in [1.165, 1.54) is 6.20 Å². The molecule has 0 atom stereocenters. The van der Waals surface area contributed by atoms with E-state index in [-0.39, 0.29) is 12.4 Å². The highest BCUT2D eigenvalue weighted by Gasteiger charge is 2.10. The molecule has 1 aromatic carbocycles. The van der Waals surface area contributed by atoms with E-state index in [1.54, 1.807) is 18.2 Å². The SMILES string of the molecule is O=c1[nH]cc(O)n1Cc1c(Cl)cccc1Cl. The van der Waals surface area contributed by atoms with Gasteiger partial charge in [-0.2, -0.15) is 0 Å². The number of benzene rings is 1. The van der Waals surface area contributed by atoms with Gasteiger partial charge in [0.2, 0.25) is 5.88 Å². The normalized spacial score (nSPS) is 10.6. The molecular formula is C10H8Cl2N2O2. The van der Waals surface area contributed by atoms with Crippen LogP contribution in [0, 0.1) is 0 Å². The lowest BCUT2D eigenvalue weighted by atomic mass is 10.2. The molecule has 1 heterocycles. The van der Waals surface area contributed by atoms with Crippen molar-refractivity contribution in [1.29, 1.82) is 0 Å². The van der Waals surface area contributed by atoms with Crippen LogP contribution in [0.3, 0.4) is 0 Å². The molecule has 0 fully saturated rings. The number of rotatable bonds is 2. The summed E-state index contributed by atoms with van der Waals surface area (Å²) in [6.07, 6.45) is 1.22. The van der Waals surface area contributed by atoms with Gasteiger partial charge in [0.25, 0.3) is 0 Å². The Hall–Kier alpha value is -1.39. The van der Waals surface area contributed by atoms with Crippen molar-refractivity contribution in [1.82, 2.24) is 9.55 Å². The first-order valence-corrected chi connectivity index (χ1v) is 5.25. The molecule has 0 bridgehead atoms. The van der Waals surface area contributed by atoms with Crippen LogP contribution in [0.2, 0.25) is 10.0 Å².